The number of hydrogen-bond acceptors (Lipinski definition) is 3. The van der Waals surface area contributed by atoms with Gasteiger partial charge in [0.1, 0.15) is 5.82 Å². The van der Waals surface area contributed by atoms with Gasteiger partial charge in [-0.3, -0.25) is 9.59 Å². The van der Waals surface area contributed by atoms with Gasteiger partial charge < -0.3 is 20.4 Å². The first-order valence-corrected chi connectivity index (χ1v) is 8.94. The Labute approximate surface area is 147 Å². The van der Waals surface area contributed by atoms with Crippen molar-refractivity contribution in [1.29, 1.82) is 0 Å². The Morgan fingerprint density at radius 1 is 1.16 bits per heavy atom. The standard InChI is InChI=1S/C18H25FN4O2/c19-15-3-5-16(6-4-15)22-10-8-21(9-11-22)13-17(24)23-7-1-2-14(12-23)18(20)25/h3-6,14H,1-2,7-13H2,(H2,20,25)/p+1/t14-/m1/s1. The molecule has 3 N–H and O–H groups in total. The van der Waals surface area contributed by atoms with E-state index >= 15 is 0 Å². The molecule has 0 unspecified atom stereocenters. The molecule has 0 spiro atoms. The summed E-state index contributed by atoms with van der Waals surface area (Å²) >= 11 is 0. The van der Waals surface area contributed by atoms with Crippen molar-refractivity contribution >= 4 is 17.5 Å². The van der Waals surface area contributed by atoms with Gasteiger partial charge in [0.2, 0.25) is 5.91 Å². The van der Waals surface area contributed by atoms with Gasteiger partial charge in [-0.05, 0) is 37.1 Å². The number of hydrogen-bond donors (Lipinski definition) is 2. The molecule has 1 atom stereocenters. The maximum atomic E-state index is 13.0. The van der Waals surface area contributed by atoms with Gasteiger partial charge in [0.25, 0.3) is 5.91 Å². The number of nitrogens with zero attached hydrogens (tertiary/aromatic N) is 2. The van der Waals surface area contributed by atoms with E-state index in [1.54, 1.807) is 17.0 Å². The zero-order chi connectivity index (χ0) is 17.8. The van der Waals surface area contributed by atoms with E-state index in [2.05, 4.69) is 4.90 Å². The highest BCUT2D eigenvalue weighted by molar-refractivity contribution is 5.80. The van der Waals surface area contributed by atoms with E-state index in [0.29, 0.717) is 13.1 Å². The molecular weight excluding hydrogens is 323 g/mol. The van der Waals surface area contributed by atoms with Crippen LogP contribution in [-0.4, -0.2) is 62.5 Å². The molecule has 1 aromatic carbocycles. The highest BCUT2D eigenvalue weighted by Gasteiger charge is 2.30. The fraction of sp³-hybridized carbons (Fsp3) is 0.556. The Balaban J connectivity index is 1.47. The van der Waals surface area contributed by atoms with Crippen LogP contribution in [0.1, 0.15) is 12.8 Å². The van der Waals surface area contributed by atoms with Gasteiger partial charge in [-0.15, -0.1) is 0 Å². The number of quaternary nitrogens is 1. The van der Waals surface area contributed by atoms with Crippen molar-refractivity contribution in [3.8, 4) is 0 Å². The molecule has 3 rings (SSSR count). The number of amides is 2. The van der Waals surface area contributed by atoms with E-state index in [4.69, 9.17) is 5.73 Å². The van der Waals surface area contributed by atoms with Crippen molar-refractivity contribution in [2.45, 2.75) is 12.8 Å². The van der Waals surface area contributed by atoms with Gasteiger partial charge in [-0.25, -0.2) is 4.39 Å². The van der Waals surface area contributed by atoms with Crippen molar-refractivity contribution < 1.29 is 18.9 Å². The molecular formula is C18H26FN4O2+. The molecule has 6 nitrogen and oxygen atoms in total. The Hall–Kier alpha value is -2.15. The third-order valence-corrected chi connectivity index (χ3v) is 5.24. The van der Waals surface area contributed by atoms with Crippen LogP contribution < -0.4 is 15.5 Å². The molecule has 7 heteroatoms. The van der Waals surface area contributed by atoms with E-state index in [-0.39, 0.29) is 23.5 Å². The minimum Gasteiger partial charge on any atom is -0.369 e. The molecule has 0 saturated carbocycles. The number of rotatable bonds is 4. The number of piperidine rings is 1. The predicted molar refractivity (Wildman–Crippen MR) is 92.7 cm³/mol. The first-order chi connectivity index (χ1) is 12.0. The Kier molecular flexibility index (Phi) is 5.53. The number of nitrogens with one attached hydrogen (secondary N) is 1. The van der Waals surface area contributed by atoms with E-state index in [1.165, 1.54) is 17.0 Å². The Morgan fingerprint density at radius 2 is 1.84 bits per heavy atom. The summed E-state index contributed by atoms with van der Waals surface area (Å²) in [6, 6.07) is 6.54. The SMILES string of the molecule is NC(=O)[C@@H]1CCCN(C(=O)C[NH+]2CCN(c3ccc(F)cc3)CC2)C1. The monoisotopic (exact) mass is 349 g/mol. The summed E-state index contributed by atoms with van der Waals surface area (Å²) in [6.45, 7) is 5.08. The summed E-state index contributed by atoms with van der Waals surface area (Å²) in [7, 11) is 0. The van der Waals surface area contributed by atoms with Crippen molar-refractivity contribution in [3.63, 3.8) is 0 Å². The lowest BCUT2D eigenvalue weighted by atomic mass is 9.97. The molecule has 2 amide bonds. The van der Waals surface area contributed by atoms with Crippen LogP contribution in [0.2, 0.25) is 0 Å². The van der Waals surface area contributed by atoms with Crippen LogP contribution in [-0.2, 0) is 9.59 Å². The van der Waals surface area contributed by atoms with E-state index < -0.39 is 0 Å². The molecule has 0 radical (unpaired) electrons. The smallest absolute Gasteiger partial charge is 0.277 e. The fourth-order valence-electron chi connectivity index (χ4n) is 3.67. The summed E-state index contributed by atoms with van der Waals surface area (Å²) in [4.78, 5) is 29.1. The van der Waals surface area contributed by atoms with Crippen LogP contribution in [0, 0.1) is 11.7 Å². The Bertz CT molecular complexity index is 614. The molecule has 0 aliphatic carbocycles. The van der Waals surface area contributed by atoms with Crippen molar-refractivity contribution in [2.75, 3.05) is 50.7 Å². The summed E-state index contributed by atoms with van der Waals surface area (Å²) in [5.74, 6) is -0.633. The minimum absolute atomic E-state index is 0.108. The normalized spacial score (nSPS) is 22.0. The molecule has 2 heterocycles. The van der Waals surface area contributed by atoms with E-state index in [1.807, 2.05) is 0 Å². The molecule has 2 aliphatic heterocycles. The molecule has 2 fully saturated rings. The molecule has 2 saturated heterocycles. The lowest BCUT2D eigenvalue weighted by Crippen LogP contribution is -3.16. The van der Waals surface area contributed by atoms with Crippen molar-refractivity contribution in [1.82, 2.24) is 4.90 Å². The second-order valence-electron chi connectivity index (χ2n) is 6.97. The van der Waals surface area contributed by atoms with Crippen LogP contribution in [0.3, 0.4) is 0 Å². The molecule has 0 aromatic heterocycles. The number of carbonyl (C=O) groups is 2. The van der Waals surface area contributed by atoms with Gasteiger partial charge in [0.15, 0.2) is 6.54 Å². The van der Waals surface area contributed by atoms with Crippen LogP contribution in [0.15, 0.2) is 24.3 Å². The number of primary amides is 1. The average Bonchev–Trinajstić information content (AvgIpc) is 2.63. The lowest BCUT2D eigenvalue weighted by Gasteiger charge is -2.35. The number of piperazine rings is 1. The van der Waals surface area contributed by atoms with Crippen molar-refractivity contribution in [2.24, 2.45) is 11.7 Å². The maximum absolute atomic E-state index is 13.0. The Morgan fingerprint density at radius 3 is 2.48 bits per heavy atom. The number of benzene rings is 1. The van der Waals surface area contributed by atoms with E-state index in [0.717, 1.165) is 51.3 Å². The largest absolute Gasteiger partial charge is 0.369 e. The topological polar surface area (TPSA) is 71.1 Å². The van der Waals surface area contributed by atoms with Gasteiger partial charge >= 0.3 is 0 Å². The van der Waals surface area contributed by atoms with Crippen LogP contribution in [0.25, 0.3) is 0 Å². The quantitative estimate of drug-likeness (QED) is 0.752. The van der Waals surface area contributed by atoms with E-state index in [9.17, 15) is 14.0 Å². The number of nitrogens with two attached hydrogens (primary N) is 1. The average molecular weight is 349 g/mol. The maximum Gasteiger partial charge on any atom is 0.277 e. The highest BCUT2D eigenvalue weighted by atomic mass is 19.1. The lowest BCUT2D eigenvalue weighted by molar-refractivity contribution is -0.892. The molecule has 0 bridgehead atoms. The van der Waals surface area contributed by atoms with Crippen LogP contribution >= 0.6 is 0 Å². The first kappa shape index (κ1) is 17.7. The van der Waals surface area contributed by atoms with Gasteiger partial charge in [-0.1, -0.05) is 0 Å². The summed E-state index contributed by atoms with van der Waals surface area (Å²) < 4.78 is 13.0. The van der Waals surface area contributed by atoms with Crippen LogP contribution in [0.5, 0.6) is 0 Å². The molecule has 136 valence electrons. The fourth-order valence-corrected chi connectivity index (χ4v) is 3.67. The molecule has 25 heavy (non-hydrogen) atoms. The van der Waals surface area contributed by atoms with Crippen LogP contribution in [0.4, 0.5) is 10.1 Å². The third-order valence-electron chi connectivity index (χ3n) is 5.24. The zero-order valence-corrected chi connectivity index (χ0v) is 14.4. The second-order valence-corrected chi connectivity index (χ2v) is 6.97. The second kappa shape index (κ2) is 7.82. The van der Waals surface area contributed by atoms with Crippen molar-refractivity contribution in [3.05, 3.63) is 30.1 Å². The van der Waals surface area contributed by atoms with Gasteiger partial charge in [0, 0.05) is 18.8 Å². The summed E-state index contributed by atoms with van der Waals surface area (Å²) in [6.07, 6.45) is 1.62. The van der Waals surface area contributed by atoms with Gasteiger partial charge in [0.05, 0.1) is 32.1 Å². The number of anilines is 1. The summed E-state index contributed by atoms with van der Waals surface area (Å²) in [5.41, 5.74) is 6.40. The number of carbonyl (C=O) groups excluding carboxylic acids is 2. The highest BCUT2D eigenvalue weighted by Crippen LogP contribution is 2.16. The first-order valence-electron chi connectivity index (χ1n) is 8.94. The predicted octanol–water partition coefficient (Wildman–Crippen LogP) is -0.745. The molecule has 1 aromatic rings. The summed E-state index contributed by atoms with van der Waals surface area (Å²) in [5, 5.41) is 0. The van der Waals surface area contributed by atoms with Gasteiger partial charge in [-0.2, -0.15) is 0 Å². The minimum atomic E-state index is -0.308. The zero-order valence-electron chi connectivity index (χ0n) is 14.4. The third kappa shape index (κ3) is 4.48. The number of likely N-dealkylation sites (tertiary alicyclic amines) is 1. The number of halogens is 1. The molecule has 2 aliphatic rings.